The SMILES string of the molecule is O=C(O)C1CC(O)CN1C(=O)Nc1cc(F)c(F)c(F)c1. The number of likely N-dealkylation sites (tertiary alicyclic amines) is 1. The van der Waals surface area contributed by atoms with Crippen molar-refractivity contribution >= 4 is 17.7 Å². The van der Waals surface area contributed by atoms with Crippen molar-refractivity contribution in [3.8, 4) is 0 Å². The molecule has 0 aliphatic carbocycles. The number of nitrogens with zero attached hydrogens (tertiary/aromatic N) is 1. The number of amides is 2. The number of carboxylic acids is 1. The van der Waals surface area contributed by atoms with Gasteiger partial charge in [0.2, 0.25) is 0 Å². The Morgan fingerprint density at radius 3 is 2.33 bits per heavy atom. The Morgan fingerprint density at radius 2 is 1.81 bits per heavy atom. The summed E-state index contributed by atoms with van der Waals surface area (Å²) in [6.07, 6.45) is -1.15. The number of aliphatic hydroxyl groups is 1. The number of hydrogen-bond acceptors (Lipinski definition) is 3. The van der Waals surface area contributed by atoms with E-state index < -0.39 is 41.6 Å². The summed E-state index contributed by atoms with van der Waals surface area (Å²) in [6, 6.07) is -1.06. The molecule has 1 aromatic rings. The number of nitrogens with one attached hydrogen (secondary N) is 1. The lowest BCUT2D eigenvalue weighted by Gasteiger charge is -2.21. The van der Waals surface area contributed by atoms with E-state index in [1.165, 1.54) is 0 Å². The minimum atomic E-state index is -1.67. The largest absolute Gasteiger partial charge is 0.480 e. The second-order valence-corrected chi connectivity index (χ2v) is 4.58. The second kappa shape index (κ2) is 5.60. The highest BCUT2D eigenvalue weighted by Gasteiger charge is 2.39. The molecule has 2 unspecified atom stereocenters. The van der Waals surface area contributed by atoms with Gasteiger partial charge in [-0.25, -0.2) is 22.8 Å². The number of carbonyl (C=O) groups is 2. The summed E-state index contributed by atoms with van der Waals surface area (Å²) in [5.74, 6) is -5.95. The highest BCUT2D eigenvalue weighted by Crippen LogP contribution is 2.21. The van der Waals surface area contributed by atoms with E-state index in [2.05, 4.69) is 5.32 Å². The Balaban J connectivity index is 2.16. The fourth-order valence-corrected chi connectivity index (χ4v) is 2.10. The number of urea groups is 1. The third-order valence-corrected chi connectivity index (χ3v) is 3.06. The molecule has 1 aliphatic heterocycles. The van der Waals surface area contributed by atoms with Gasteiger partial charge in [0, 0.05) is 30.8 Å². The zero-order chi connectivity index (χ0) is 15.7. The van der Waals surface area contributed by atoms with E-state index in [1.807, 2.05) is 0 Å². The fraction of sp³-hybridized carbons (Fsp3) is 0.333. The molecule has 0 saturated carbocycles. The quantitative estimate of drug-likeness (QED) is 0.715. The minimum absolute atomic E-state index is 0.144. The smallest absolute Gasteiger partial charge is 0.326 e. The van der Waals surface area contributed by atoms with Crippen LogP contribution in [0.5, 0.6) is 0 Å². The van der Waals surface area contributed by atoms with Gasteiger partial charge in [0.05, 0.1) is 6.10 Å². The maximum atomic E-state index is 13.0. The third-order valence-electron chi connectivity index (χ3n) is 3.06. The van der Waals surface area contributed by atoms with Gasteiger partial charge in [-0.3, -0.25) is 0 Å². The van der Waals surface area contributed by atoms with Crippen LogP contribution < -0.4 is 5.32 Å². The van der Waals surface area contributed by atoms with E-state index in [9.17, 15) is 27.9 Å². The van der Waals surface area contributed by atoms with Crippen molar-refractivity contribution in [3.05, 3.63) is 29.6 Å². The first kappa shape index (κ1) is 15.1. The Morgan fingerprint density at radius 1 is 1.24 bits per heavy atom. The van der Waals surface area contributed by atoms with E-state index in [4.69, 9.17) is 5.11 Å². The van der Waals surface area contributed by atoms with E-state index in [0.717, 1.165) is 4.90 Å². The molecule has 114 valence electrons. The van der Waals surface area contributed by atoms with Crippen molar-refractivity contribution in [2.45, 2.75) is 18.6 Å². The van der Waals surface area contributed by atoms with Gasteiger partial charge >= 0.3 is 12.0 Å². The van der Waals surface area contributed by atoms with Crippen LogP contribution in [0.4, 0.5) is 23.7 Å². The molecule has 1 fully saturated rings. The highest BCUT2D eigenvalue weighted by molar-refractivity contribution is 5.92. The van der Waals surface area contributed by atoms with Crippen LogP contribution in [0.15, 0.2) is 12.1 Å². The average Bonchev–Trinajstić information content (AvgIpc) is 2.78. The Bertz CT molecular complexity index is 573. The molecule has 0 radical (unpaired) electrons. The van der Waals surface area contributed by atoms with E-state index in [1.54, 1.807) is 0 Å². The van der Waals surface area contributed by atoms with Crippen LogP contribution >= 0.6 is 0 Å². The molecule has 6 nitrogen and oxygen atoms in total. The van der Waals surface area contributed by atoms with Gasteiger partial charge in [-0.1, -0.05) is 0 Å². The maximum absolute atomic E-state index is 13.0. The summed E-state index contributed by atoms with van der Waals surface area (Å²) in [5.41, 5.74) is -0.359. The average molecular weight is 304 g/mol. The lowest BCUT2D eigenvalue weighted by atomic mass is 10.2. The number of carbonyl (C=O) groups excluding carboxylic acids is 1. The molecule has 0 spiro atoms. The van der Waals surface area contributed by atoms with Crippen molar-refractivity contribution < 1.29 is 33.0 Å². The van der Waals surface area contributed by atoms with Crippen LogP contribution in [0.1, 0.15) is 6.42 Å². The Labute approximate surface area is 116 Å². The van der Waals surface area contributed by atoms with Crippen molar-refractivity contribution in [3.63, 3.8) is 0 Å². The molecule has 0 bridgehead atoms. The second-order valence-electron chi connectivity index (χ2n) is 4.58. The number of halogens is 3. The van der Waals surface area contributed by atoms with Gasteiger partial charge in [-0.15, -0.1) is 0 Å². The zero-order valence-electron chi connectivity index (χ0n) is 10.5. The molecule has 3 N–H and O–H groups in total. The predicted octanol–water partition coefficient (Wildman–Crippen LogP) is 1.16. The molecule has 1 saturated heterocycles. The van der Waals surface area contributed by atoms with Gasteiger partial charge < -0.3 is 20.4 Å². The Hall–Kier alpha value is -2.29. The van der Waals surface area contributed by atoms with Gasteiger partial charge in [-0.2, -0.15) is 0 Å². The zero-order valence-corrected chi connectivity index (χ0v) is 10.5. The molecule has 9 heteroatoms. The van der Waals surface area contributed by atoms with E-state index in [0.29, 0.717) is 12.1 Å². The number of hydrogen-bond donors (Lipinski definition) is 3. The molecule has 1 aromatic carbocycles. The molecular formula is C12H11F3N2O4. The predicted molar refractivity (Wildman–Crippen MR) is 64.1 cm³/mol. The van der Waals surface area contributed by atoms with Gasteiger partial charge in [-0.05, 0) is 0 Å². The molecule has 0 aromatic heterocycles. The van der Waals surface area contributed by atoms with Gasteiger partial charge in [0.15, 0.2) is 17.5 Å². The maximum Gasteiger partial charge on any atom is 0.326 e. The number of carboxylic acid groups (broad SMARTS) is 1. The van der Waals surface area contributed by atoms with Crippen LogP contribution in [0.25, 0.3) is 0 Å². The van der Waals surface area contributed by atoms with Crippen LogP contribution in [-0.2, 0) is 4.79 Å². The number of β-amino-alcohol motifs (C(OH)–C–C–N with tert-alkyl or cyclic N) is 1. The van der Waals surface area contributed by atoms with Crippen molar-refractivity contribution in [2.24, 2.45) is 0 Å². The molecule has 1 heterocycles. The number of benzene rings is 1. The first-order valence-electron chi connectivity index (χ1n) is 5.92. The van der Waals surface area contributed by atoms with Crippen molar-refractivity contribution in [1.82, 2.24) is 4.90 Å². The number of rotatable bonds is 2. The van der Waals surface area contributed by atoms with E-state index >= 15 is 0 Å². The van der Waals surface area contributed by atoms with Crippen LogP contribution in [0, 0.1) is 17.5 Å². The molecule has 21 heavy (non-hydrogen) atoms. The van der Waals surface area contributed by atoms with Crippen molar-refractivity contribution in [1.29, 1.82) is 0 Å². The summed E-state index contributed by atoms with van der Waals surface area (Å²) < 4.78 is 38.8. The van der Waals surface area contributed by atoms with Crippen LogP contribution in [0.3, 0.4) is 0 Å². The molecule has 2 rings (SSSR count). The Kier molecular flexibility index (Phi) is 4.03. The summed E-state index contributed by atoms with van der Waals surface area (Å²) in [4.78, 5) is 23.7. The van der Waals surface area contributed by atoms with Crippen LogP contribution in [-0.4, -0.2) is 45.8 Å². The van der Waals surface area contributed by atoms with Gasteiger partial charge in [0.1, 0.15) is 6.04 Å². The first-order chi connectivity index (χ1) is 9.79. The summed E-state index contributed by atoms with van der Waals surface area (Å²) in [7, 11) is 0. The van der Waals surface area contributed by atoms with E-state index in [-0.39, 0.29) is 18.7 Å². The lowest BCUT2D eigenvalue weighted by molar-refractivity contribution is -0.141. The molecule has 2 atom stereocenters. The lowest BCUT2D eigenvalue weighted by Crippen LogP contribution is -2.43. The summed E-state index contributed by atoms with van der Waals surface area (Å²) >= 11 is 0. The van der Waals surface area contributed by atoms with Crippen molar-refractivity contribution in [2.75, 3.05) is 11.9 Å². The molecule has 2 amide bonds. The normalized spacial score (nSPS) is 21.4. The fourth-order valence-electron chi connectivity index (χ4n) is 2.10. The topological polar surface area (TPSA) is 89.9 Å². The first-order valence-corrected chi connectivity index (χ1v) is 5.92. The minimum Gasteiger partial charge on any atom is -0.480 e. The summed E-state index contributed by atoms with van der Waals surface area (Å²) in [6.45, 7) is -0.227. The van der Waals surface area contributed by atoms with Gasteiger partial charge in [0.25, 0.3) is 0 Å². The number of anilines is 1. The highest BCUT2D eigenvalue weighted by atomic mass is 19.2. The summed E-state index contributed by atoms with van der Waals surface area (Å²) in [5, 5.41) is 20.4. The molecular weight excluding hydrogens is 293 g/mol. The standard InChI is InChI=1S/C12H11F3N2O4/c13-7-1-5(2-8(14)10(7)15)16-12(21)17-4-6(18)3-9(17)11(19)20/h1-2,6,9,18H,3-4H2,(H,16,21)(H,19,20). The molecule has 1 aliphatic rings. The third kappa shape index (κ3) is 3.07. The van der Waals surface area contributed by atoms with Crippen LogP contribution in [0.2, 0.25) is 0 Å². The monoisotopic (exact) mass is 304 g/mol. The number of aliphatic hydroxyl groups excluding tert-OH is 1. The number of aliphatic carboxylic acids is 1.